The van der Waals surface area contributed by atoms with E-state index in [9.17, 15) is 39.6 Å². The lowest BCUT2D eigenvalue weighted by atomic mass is 9.85. The molecule has 32 heavy (non-hydrogen) atoms. The van der Waals surface area contributed by atoms with Crippen LogP contribution < -0.4 is 0 Å². The predicted octanol–water partition coefficient (Wildman–Crippen LogP) is 4.83. The molecular weight excluding hydrogens is 416 g/mol. The maximum Gasteiger partial charge on any atom is 0.336 e. The molecule has 2 aromatic carbocycles. The Morgan fingerprint density at radius 3 is 1.09 bits per heavy atom. The van der Waals surface area contributed by atoms with Gasteiger partial charge in [0.1, 0.15) is 0 Å². The molecule has 0 unspecified atom stereocenters. The van der Waals surface area contributed by atoms with Crippen LogP contribution in [0.15, 0.2) is 24.3 Å². The van der Waals surface area contributed by atoms with Gasteiger partial charge in [-0.25, -0.2) is 19.2 Å². The number of unbranched alkanes of at least 4 members (excludes halogenated alkanes) is 2. The van der Waals surface area contributed by atoms with Crippen LogP contribution in [0.25, 0.3) is 11.1 Å². The highest BCUT2D eigenvalue weighted by atomic mass is 16.4. The van der Waals surface area contributed by atoms with Gasteiger partial charge in [0.25, 0.3) is 0 Å². The average Bonchev–Trinajstić information content (AvgIpc) is 2.74. The van der Waals surface area contributed by atoms with Crippen molar-refractivity contribution in [2.24, 2.45) is 0 Å². The molecule has 4 N–H and O–H groups in total. The summed E-state index contributed by atoms with van der Waals surface area (Å²) in [6, 6.07) is 5.17. The molecule has 0 saturated heterocycles. The van der Waals surface area contributed by atoms with Crippen LogP contribution in [0.2, 0.25) is 0 Å². The van der Waals surface area contributed by atoms with Gasteiger partial charge in [-0.15, -0.1) is 0 Å². The lowest BCUT2D eigenvalue weighted by Crippen LogP contribution is -2.12. The Morgan fingerprint density at radius 1 is 0.562 bits per heavy atom. The van der Waals surface area contributed by atoms with Crippen molar-refractivity contribution in [1.29, 1.82) is 0 Å². The summed E-state index contributed by atoms with van der Waals surface area (Å²) in [6.45, 7) is 3.92. The lowest BCUT2D eigenvalue weighted by molar-refractivity contribution is 0.0651. The first-order chi connectivity index (χ1) is 15.1. The minimum Gasteiger partial charge on any atom is -0.478 e. The second-order valence-corrected chi connectivity index (χ2v) is 7.54. The zero-order valence-electron chi connectivity index (χ0n) is 18.0. The molecule has 2 rings (SSSR count). The third kappa shape index (κ3) is 5.32. The second kappa shape index (κ2) is 10.6. The number of hydrogen-bond acceptors (Lipinski definition) is 4. The molecule has 0 aliphatic rings. The summed E-state index contributed by atoms with van der Waals surface area (Å²) >= 11 is 0. The molecule has 0 radical (unpaired) electrons. The molecule has 2 aromatic rings. The fourth-order valence-corrected chi connectivity index (χ4v) is 3.65. The molecular formula is C24H26O8. The highest BCUT2D eigenvalue weighted by Crippen LogP contribution is 2.34. The Bertz CT molecular complexity index is 983. The smallest absolute Gasteiger partial charge is 0.336 e. The van der Waals surface area contributed by atoms with E-state index in [0.29, 0.717) is 47.9 Å². The van der Waals surface area contributed by atoms with Crippen LogP contribution in [-0.2, 0) is 12.8 Å². The van der Waals surface area contributed by atoms with Crippen molar-refractivity contribution in [3.05, 3.63) is 57.6 Å². The highest BCUT2D eigenvalue weighted by molar-refractivity contribution is 6.05. The first-order valence-corrected chi connectivity index (χ1v) is 10.4. The molecule has 0 amide bonds. The SMILES string of the molecule is CCCCc1cc(C(=O)O)c(C(=O)O)cc1-c1cc(C(=O)O)c(C(=O)O)cc1CCCC. The van der Waals surface area contributed by atoms with Crippen LogP contribution in [0, 0.1) is 0 Å². The summed E-state index contributed by atoms with van der Waals surface area (Å²) in [4.78, 5) is 46.9. The number of carboxylic acids is 4. The average molecular weight is 442 g/mol. The quantitative estimate of drug-likeness (QED) is 0.386. The van der Waals surface area contributed by atoms with Gasteiger partial charge < -0.3 is 20.4 Å². The van der Waals surface area contributed by atoms with Gasteiger partial charge in [-0.1, -0.05) is 26.7 Å². The monoisotopic (exact) mass is 442 g/mol. The molecule has 8 heteroatoms. The van der Waals surface area contributed by atoms with Gasteiger partial charge in [-0.2, -0.15) is 0 Å². The second-order valence-electron chi connectivity index (χ2n) is 7.54. The van der Waals surface area contributed by atoms with Crippen molar-refractivity contribution in [3.8, 4) is 11.1 Å². The van der Waals surface area contributed by atoms with E-state index in [-0.39, 0.29) is 11.1 Å². The third-order valence-electron chi connectivity index (χ3n) is 5.30. The fourth-order valence-electron chi connectivity index (χ4n) is 3.65. The van der Waals surface area contributed by atoms with Crippen molar-refractivity contribution in [1.82, 2.24) is 0 Å². The zero-order chi connectivity index (χ0) is 24.0. The summed E-state index contributed by atoms with van der Waals surface area (Å²) in [5, 5.41) is 38.2. The maximum atomic E-state index is 11.8. The van der Waals surface area contributed by atoms with Gasteiger partial charge in [0.15, 0.2) is 0 Å². The van der Waals surface area contributed by atoms with Crippen LogP contribution in [0.5, 0.6) is 0 Å². The van der Waals surface area contributed by atoms with Gasteiger partial charge in [0.05, 0.1) is 22.3 Å². The molecule has 0 aromatic heterocycles. The van der Waals surface area contributed by atoms with Crippen LogP contribution >= 0.6 is 0 Å². The molecule has 0 spiro atoms. The number of carbonyl (C=O) groups is 4. The molecule has 170 valence electrons. The summed E-state index contributed by atoms with van der Waals surface area (Å²) in [5.74, 6) is -5.57. The largest absolute Gasteiger partial charge is 0.478 e. The van der Waals surface area contributed by atoms with Crippen molar-refractivity contribution < 1.29 is 39.6 Å². The van der Waals surface area contributed by atoms with E-state index in [4.69, 9.17) is 0 Å². The Kier molecular flexibility index (Phi) is 8.12. The van der Waals surface area contributed by atoms with Crippen LogP contribution in [-0.4, -0.2) is 44.3 Å². The predicted molar refractivity (Wildman–Crippen MR) is 117 cm³/mol. The van der Waals surface area contributed by atoms with Crippen LogP contribution in [0.3, 0.4) is 0 Å². The van der Waals surface area contributed by atoms with Gasteiger partial charge in [0, 0.05) is 0 Å². The van der Waals surface area contributed by atoms with Gasteiger partial charge >= 0.3 is 23.9 Å². The minimum absolute atomic E-state index is 0.344. The Labute approximate surface area is 185 Å². The van der Waals surface area contributed by atoms with E-state index in [1.54, 1.807) is 0 Å². The summed E-state index contributed by atoms with van der Waals surface area (Å²) in [5.41, 5.74) is 0.462. The number of carboxylic acid groups (broad SMARTS) is 4. The van der Waals surface area contributed by atoms with E-state index in [0.717, 1.165) is 12.8 Å². The van der Waals surface area contributed by atoms with Gasteiger partial charge in [-0.3, -0.25) is 0 Å². The Hall–Kier alpha value is -3.68. The molecule has 0 aliphatic carbocycles. The fraction of sp³-hybridized carbons (Fsp3) is 0.333. The molecule has 0 fully saturated rings. The van der Waals surface area contributed by atoms with E-state index in [1.807, 2.05) is 13.8 Å². The van der Waals surface area contributed by atoms with Gasteiger partial charge in [-0.05, 0) is 72.2 Å². The van der Waals surface area contributed by atoms with Crippen molar-refractivity contribution in [2.45, 2.75) is 52.4 Å². The van der Waals surface area contributed by atoms with Crippen LogP contribution in [0.1, 0.15) is 92.1 Å². The lowest BCUT2D eigenvalue weighted by Gasteiger charge is -2.18. The first-order valence-electron chi connectivity index (χ1n) is 10.4. The number of hydrogen-bond donors (Lipinski definition) is 4. The normalized spacial score (nSPS) is 10.7. The standard InChI is InChI=1S/C24H26O8/c1-3-5-7-13-9-17(21(25)26)19(23(29)30)11-15(13)16-12-20(24(31)32)18(22(27)28)10-14(16)8-6-4-2/h9-12H,3-8H2,1-2H3,(H,25,26)(H,27,28)(H,29,30)(H,31,32). The number of benzene rings is 2. The number of aromatic carboxylic acids is 4. The number of rotatable bonds is 11. The third-order valence-corrected chi connectivity index (χ3v) is 5.30. The summed E-state index contributed by atoms with van der Waals surface area (Å²) < 4.78 is 0. The highest BCUT2D eigenvalue weighted by Gasteiger charge is 2.24. The summed E-state index contributed by atoms with van der Waals surface area (Å²) in [6.07, 6.45) is 3.96. The topological polar surface area (TPSA) is 149 Å². The molecule has 8 nitrogen and oxygen atoms in total. The zero-order valence-corrected chi connectivity index (χ0v) is 18.0. The summed E-state index contributed by atoms with van der Waals surface area (Å²) in [7, 11) is 0. The van der Waals surface area contributed by atoms with Crippen molar-refractivity contribution in [3.63, 3.8) is 0 Å². The van der Waals surface area contributed by atoms with E-state index < -0.39 is 35.0 Å². The minimum atomic E-state index is -1.42. The molecule has 0 saturated carbocycles. The molecule has 0 heterocycles. The Balaban J connectivity index is 2.93. The number of aryl methyl sites for hydroxylation is 2. The van der Waals surface area contributed by atoms with E-state index in [1.165, 1.54) is 24.3 Å². The molecule has 0 bridgehead atoms. The first kappa shape index (κ1) is 24.6. The van der Waals surface area contributed by atoms with E-state index >= 15 is 0 Å². The van der Waals surface area contributed by atoms with Crippen molar-refractivity contribution >= 4 is 23.9 Å². The van der Waals surface area contributed by atoms with E-state index in [2.05, 4.69) is 0 Å². The molecule has 0 atom stereocenters. The van der Waals surface area contributed by atoms with Crippen LogP contribution in [0.4, 0.5) is 0 Å². The maximum absolute atomic E-state index is 11.8. The van der Waals surface area contributed by atoms with Crippen molar-refractivity contribution in [2.75, 3.05) is 0 Å². The van der Waals surface area contributed by atoms with Gasteiger partial charge in [0.2, 0.25) is 0 Å². The Morgan fingerprint density at radius 2 is 0.844 bits per heavy atom. The molecule has 0 aliphatic heterocycles.